The molecule has 112 valence electrons. The molecule has 2 nitrogen and oxygen atoms in total. The van der Waals surface area contributed by atoms with E-state index >= 15 is 0 Å². The summed E-state index contributed by atoms with van der Waals surface area (Å²) in [4.78, 5) is 0. The fourth-order valence-electron chi connectivity index (χ4n) is 2.02. The Morgan fingerprint density at radius 1 is 1.05 bits per heavy atom. The summed E-state index contributed by atoms with van der Waals surface area (Å²) in [6.45, 7) is 0. The third-order valence-corrected chi connectivity index (χ3v) is 4.20. The average Bonchev–Trinajstić information content (AvgIpc) is 2.45. The van der Waals surface area contributed by atoms with Crippen molar-refractivity contribution in [1.82, 2.24) is 0 Å². The highest BCUT2D eigenvalue weighted by Gasteiger charge is 2.21. The molecule has 0 saturated heterocycles. The van der Waals surface area contributed by atoms with E-state index in [-0.39, 0.29) is 0 Å². The molecular weight excluding hydrogens is 366 g/mol. The number of ether oxygens (including phenoxy) is 2. The zero-order valence-corrected chi connectivity index (χ0v) is 13.6. The van der Waals surface area contributed by atoms with Gasteiger partial charge in [-0.15, -0.1) is 11.6 Å². The van der Waals surface area contributed by atoms with Crippen LogP contribution in [-0.2, 0) is 0 Å². The summed E-state index contributed by atoms with van der Waals surface area (Å²) in [5.74, 6) is -0.326. The maximum absolute atomic E-state index is 13.3. The quantitative estimate of drug-likeness (QED) is 0.692. The minimum Gasteiger partial charge on any atom is -0.495 e. The van der Waals surface area contributed by atoms with E-state index < -0.39 is 17.0 Å². The lowest BCUT2D eigenvalue weighted by atomic mass is 10.0. The summed E-state index contributed by atoms with van der Waals surface area (Å²) in [5, 5.41) is -0.757. The van der Waals surface area contributed by atoms with Crippen molar-refractivity contribution in [2.45, 2.75) is 5.38 Å². The second-order valence-electron chi connectivity index (χ2n) is 4.27. The summed E-state index contributed by atoms with van der Waals surface area (Å²) < 4.78 is 37.7. The van der Waals surface area contributed by atoms with Gasteiger partial charge in [-0.2, -0.15) is 0 Å². The smallest absolute Gasteiger partial charge is 0.141 e. The fourth-order valence-corrected chi connectivity index (χ4v) is 3.00. The molecule has 0 spiro atoms. The molecule has 2 aromatic rings. The van der Waals surface area contributed by atoms with E-state index in [0.717, 1.165) is 6.07 Å². The maximum Gasteiger partial charge on any atom is 0.141 e. The Hall–Kier alpha value is -1.33. The predicted molar refractivity (Wildman–Crippen MR) is 81.3 cm³/mol. The van der Waals surface area contributed by atoms with Gasteiger partial charge in [-0.25, -0.2) is 8.78 Å². The molecule has 1 atom stereocenters. The van der Waals surface area contributed by atoms with E-state index in [4.69, 9.17) is 21.1 Å². The molecule has 21 heavy (non-hydrogen) atoms. The summed E-state index contributed by atoms with van der Waals surface area (Å²) in [6, 6.07) is 6.58. The van der Waals surface area contributed by atoms with E-state index in [9.17, 15) is 8.78 Å². The number of hydrogen-bond donors (Lipinski definition) is 0. The van der Waals surface area contributed by atoms with Crippen molar-refractivity contribution in [3.8, 4) is 11.5 Å². The van der Waals surface area contributed by atoms with Crippen LogP contribution in [0.15, 0.2) is 34.8 Å². The molecule has 2 rings (SSSR count). The molecule has 0 aliphatic heterocycles. The first-order valence-electron chi connectivity index (χ1n) is 5.98. The number of rotatable bonds is 4. The van der Waals surface area contributed by atoms with Gasteiger partial charge in [-0.05, 0) is 45.8 Å². The van der Waals surface area contributed by atoms with Crippen LogP contribution in [0.3, 0.4) is 0 Å². The van der Waals surface area contributed by atoms with Crippen LogP contribution in [0.5, 0.6) is 11.5 Å². The average molecular weight is 378 g/mol. The van der Waals surface area contributed by atoms with Gasteiger partial charge in [0.05, 0.1) is 19.6 Å². The molecule has 0 aliphatic carbocycles. The van der Waals surface area contributed by atoms with Crippen molar-refractivity contribution in [2.75, 3.05) is 14.2 Å². The summed E-state index contributed by atoms with van der Waals surface area (Å²) >= 11 is 9.72. The van der Waals surface area contributed by atoms with Crippen molar-refractivity contribution in [3.05, 3.63) is 57.6 Å². The van der Waals surface area contributed by atoms with Gasteiger partial charge < -0.3 is 9.47 Å². The molecular formula is C15H12BrClF2O2. The van der Waals surface area contributed by atoms with Gasteiger partial charge in [-0.3, -0.25) is 0 Å². The number of alkyl halides is 1. The molecule has 0 aliphatic rings. The highest BCUT2D eigenvalue weighted by atomic mass is 79.9. The van der Waals surface area contributed by atoms with Gasteiger partial charge in [0.25, 0.3) is 0 Å². The Balaban J connectivity index is 2.52. The Morgan fingerprint density at radius 3 is 2.19 bits per heavy atom. The fraction of sp³-hybridized carbons (Fsp3) is 0.200. The lowest BCUT2D eigenvalue weighted by molar-refractivity contribution is 0.386. The van der Waals surface area contributed by atoms with Crippen molar-refractivity contribution < 1.29 is 18.3 Å². The van der Waals surface area contributed by atoms with Crippen LogP contribution < -0.4 is 9.47 Å². The van der Waals surface area contributed by atoms with Crippen LogP contribution >= 0.6 is 27.5 Å². The van der Waals surface area contributed by atoms with Gasteiger partial charge in [0, 0.05) is 11.6 Å². The standard InChI is InChI=1S/C15H12BrClF2O2/c1-20-12-4-3-11(15(21-2)13(12)16)14(17)8-5-9(18)7-10(19)6-8/h3-7,14H,1-2H3. The minimum atomic E-state index is -0.757. The second kappa shape index (κ2) is 6.62. The normalized spacial score (nSPS) is 12.1. The highest BCUT2D eigenvalue weighted by Crippen LogP contribution is 2.43. The highest BCUT2D eigenvalue weighted by molar-refractivity contribution is 9.10. The maximum atomic E-state index is 13.3. The van der Waals surface area contributed by atoms with Gasteiger partial charge in [-0.1, -0.05) is 0 Å². The van der Waals surface area contributed by atoms with E-state index in [1.54, 1.807) is 12.1 Å². The van der Waals surface area contributed by atoms with Crippen molar-refractivity contribution in [1.29, 1.82) is 0 Å². The Bertz CT molecular complexity index is 644. The second-order valence-corrected chi connectivity index (χ2v) is 5.50. The number of benzene rings is 2. The molecule has 2 aromatic carbocycles. The lowest BCUT2D eigenvalue weighted by Gasteiger charge is -2.17. The van der Waals surface area contributed by atoms with Crippen LogP contribution in [0.1, 0.15) is 16.5 Å². The zero-order chi connectivity index (χ0) is 15.6. The molecule has 0 radical (unpaired) electrons. The monoisotopic (exact) mass is 376 g/mol. The van der Waals surface area contributed by atoms with Crippen LogP contribution in [0.25, 0.3) is 0 Å². The molecule has 0 bridgehead atoms. The largest absolute Gasteiger partial charge is 0.495 e. The van der Waals surface area contributed by atoms with Crippen LogP contribution in [0, 0.1) is 11.6 Å². The van der Waals surface area contributed by atoms with E-state index in [0.29, 0.717) is 27.1 Å². The first-order chi connectivity index (χ1) is 9.97. The Labute approximate surface area is 134 Å². The Kier molecular flexibility index (Phi) is 5.06. The van der Waals surface area contributed by atoms with Gasteiger partial charge in [0.2, 0.25) is 0 Å². The van der Waals surface area contributed by atoms with Crippen molar-refractivity contribution in [3.63, 3.8) is 0 Å². The van der Waals surface area contributed by atoms with Crippen LogP contribution in [0.2, 0.25) is 0 Å². The molecule has 1 unspecified atom stereocenters. The van der Waals surface area contributed by atoms with Gasteiger partial charge >= 0.3 is 0 Å². The SMILES string of the molecule is COc1ccc(C(Cl)c2cc(F)cc(F)c2)c(OC)c1Br. The third kappa shape index (κ3) is 3.30. The summed E-state index contributed by atoms with van der Waals surface area (Å²) in [5.41, 5.74) is 0.890. The molecule has 0 fully saturated rings. The first kappa shape index (κ1) is 16.0. The lowest BCUT2D eigenvalue weighted by Crippen LogP contribution is -2.01. The zero-order valence-electron chi connectivity index (χ0n) is 11.3. The van der Waals surface area contributed by atoms with Crippen molar-refractivity contribution >= 4 is 27.5 Å². The molecule has 0 saturated carbocycles. The van der Waals surface area contributed by atoms with Gasteiger partial charge in [0.1, 0.15) is 27.6 Å². The minimum absolute atomic E-state index is 0.310. The van der Waals surface area contributed by atoms with E-state index in [1.165, 1.54) is 26.4 Å². The number of halogens is 4. The predicted octanol–water partition coefficient (Wildman–Crippen LogP) is 5.07. The van der Waals surface area contributed by atoms with Crippen LogP contribution in [-0.4, -0.2) is 14.2 Å². The van der Waals surface area contributed by atoms with Gasteiger partial charge in [0.15, 0.2) is 0 Å². The first-order valence-corrected chi connectivity index (χ1v) is 7.21. The Morgan fingerprint density at radius 2 is 1.67 bits per heavy atom. The molecule has 0 heterocycles. The number of methoxy groups -OCH3 is 2. The molecule has 0 N–H and O–H groups in total. The van der Waals surface area contributed by atoms with Crippen LogP contribution in [0.4, 0.5) is 8.78 Å². The topological polar surface area (TPSA) is 18.5 Å². The number of hydrogen-bond acceptors (Lipinski definition) is 2. The third-order valence-electron chi connectivity index (χ3n) is 2.97. The summed E-state index contributed by atoms with van der Waals surface area (Å²) in [6.07, 6.45) is 0. The molecule has 6 heteroatoms. The molecule has 0 aromatic heterocycles. The van der Waals surface area contributed by atoms with E-state index in [2.05, 4.69) is 15.9 Å². The van der Waals surface area contributed by atoms with Crippen molar-refractivity contribution in [2.24, 2.45) is 0 Å². The molecule has 0 amide bonds. The van der Waals surface area contributed by atoms with E-state index in [1.807, 2.05) is 0 Å². The summed E-state index contributed by atoms with van der Waals surface area (Å²) in [7, 11) is 3.01.